The highest BCUT2D eigenvalue weighted by Gasteiger charge is 2.21. The summed E-state index contributed by atoms with van der Waals surface area (Å²) in [6, 6.07) is 0. The molecule has 0 spiro atoms. The Bertz CT molecular complexity index is 149. The third-order valence-electron chi connectivity index (χ3n) is 4.43. The molecule has 0 aromatic carbocycles. The van der Waals surface area contributed by atoms with Crippen LogP contribution in [-0.2, 0) is 0 Å². The number of rotatable bonds is 4. The predicted octanol–water partition coefficient (Wildman–Crippen LogP) is 6.45. The van der Waals surface area contributed by atoms with Crippen LogP contribution in [0.4, 0.5) is 0 Å². The highest BCUT2D eigenvalue weighted by atomic mass is 14.3. The monoisotopic (exact) mass is 240 g/mol. The minimum atomic E-state index is 0.532. The van der Waals surface area contributed by atoms with Gasteiger partial charge in [0.15, 0.2) is 0 Å². The van der Waals surface area contributed by atoms with Crippen molar-refractivity contribution in [3.8, 4) is 0 Å². The molecule has 1 saturated carbocycles. The Morgan fingerprint density at radius 2 is 1.12 bits per heavy atom. The molecule has 17 heavy (non-hydrogen) atoms. The van der Waals surface area contributed by atoms with E-state index in [1.54, 1.807) is 0 Å². The van der Waals surface area contributed by atoms with Gasteiger partial charge in [-0.05, 0) is 23.7 Å². The second kappa shape index (κ2) is 9.00. The molecule has 0 unspecified atom stereocenters. The molecule has 0 atom stereocenters. The zero-order chi connectivity index (χ0) is 13.3. The molecule has 1 aliphatic carbocycles. The average Bonchev–Trinajstić information content (AvgIpc) is 2.29. The van der Waals surface area contributed by atoms with E-state index >= 15 is 0 Å². The zero-order valence-corrected chi connectivity index (χ0v) is 13.3. The molecule has 104 valence electrons. The molecule has 1 rings (SSSR count). The summed E-state index contributed by atoms with van der Waals surface area (Å²) < 4.78 is 0. The minimum Gasteiger partial charge on any atom is -0.0628 e. The van der Waals surface area contributed by atoms with Gasteiger partial charge in [0.2, 0.25) is 0 Å². The maximum Gasteiger partial charge on any atom is -0.0331 e. The van der Waals surface area contributed by atoms with Gasteiger partial charge in [-0.15, -0.1) is 0 Å². The highest BCUT2D eigenvalue weighted by Crippen LogP contribution is 2.32. The van der Waals surface area contributed by atoms with E-state index in [-0.39, 0.29) is 0 Å². The SMILES string of the molecule is C1CCCCC1.CC(C)CCC(C)(C)C(C)C. The summed E-state index contributed by atoms with van der Waals surface area (Å²) >= 11 is 0. The van der Waals surface area contributed by atoms with Gasteiger partial charge in [-0.1, -0.05) is 86.5 Å². The maximum atomic E-state index is 2.38. The van der Waals surface area contributed by atoms with Crippen molar-refractivity contribution in [3.05, 3.63) is 0 Å². The minimum absolute atomic E-state index is 0.532. The third kappa shape index (κ3) is 9.68. The largest absolute Gasteiger partial charge is 0.0628 e. The van der Waals surface area contributed by atoms with Crippen LogP contribution < -0.4 is 0 Å². The van der Waals surface area contributed by atoms with Gasteiger partial charge in [-0.2, -0.15) is 0 Å². The van der Waals surface area contributed by atoms with Crippen molar-refractivity contribution in [2.45, 2.75) is 92.9 Å². The Morgan fingerprint density at radius 3 is 1.35 bits per heavy atom. The fourth-order valence-electron chi connectivity index (χ4n) is 2.01. The van der Waals surface area contributed by atoms with Crippen molar-refractivity contribution in [1.82, 2.24) is 0 Å². The van der Waals surface area contributed by atoms with Gasteiger partial charge in [-0.3, -0.25) is 0 Å². The van der Waals surface area contributed by atoms with Crippen LogP contribution >= 0.6 is 0 Å². The van der Waals surface area contributed by atoms with Crippen molar-refractivity contribution >= 4 is 0 Å². The van der Waals surface area contributed by atoms with Crippen molar-refractivity contribution in [1.29, 1.82) is 0 Å². The van der Waals surface area contributed by atoms with Gasteiger partial charge in [0.1, 0.15) is 0 Å². The standard InChI is InChI=1S/C11H24.C6H12/c1-9(2)7-8-11(5,6)10(3)4;1-2-4-6-5-3-1/h9-10H,7-8H2,1-6H3;1-6H2. The van der Waals surface area contributed by atoms with Crippen LogP contribution in [0.1, 0.15) is 92.9 Å². The summed E-state index contributed by atoms with van der Waals surface area (Å²) in [5.41, 5.74) is 0.532. The van der Waals surface area contributed by atoms with Crippen molar-refractivity contribution in [3.63, 3.8) is 0 Å². The first-order valence-electron chi connectivity index (χ1n) is 7.86. The van der Waals surface area contributed by atoms with Crippen LogP contribution in [-0.4, -0.2) is 0 Å². The van der Waals surface area contributed by atoms with E-state index in [1.807, 2.05) is 0 Å². The van der Waals surface area contributed by atoms with Gasteiger partial charge >= 0.3 is 0 Å². The molecule has 1 fully saturated rings. The first-order valence-corrected chi connectivity index (χ1v) is 7.86. The Hall–Kier alpha value is 0. The quantitative estimate of drug-likeness (QED) is 0.530. The average molecular weight is 240 g/mol. The Balaban J connectivity index is 0.000000354. The second-order valence-corrected chi connectivity index (χ2v) is 7.20. The van der Waals surface area contributed by atoms with Crippen LogP contribution in [0.15, 0.2) is 0 Å². The summed E-state index contributed by atoms with van der Waals surface area (Å²) in [6.07, 6.45) is 11.7. The van der Waals surface area contributed by atoms with E-state index in [1.165, 1.54) is 51.4 Å². The van der Waals surface area contributed by atoms with Crippen LogP contribution in [0, 0.1) is 17.3 Å². The normalized spacial score (nSPS) is 16.9. The lowest BCUT2D eigenvalue weighted by atomic mass is 9.76. The Labute approximate surface area is 111 Å². The van der Waals surface area contributed by atoms with E-state index in [0.717, 1.165) is 11.8 Å². The van der Waals surface area contributed by atoms with Gasteiger partial charge in [0, 0.05) is 0 Å². The molecule has 0 N–H and O–H groups in total. The van der Waals surface area contributed by atoms with Crippen LogP contribution in [0.2, 0.25) is 0 Å². The summed E-state index contributed by atoms with van der Waals surface area (Å²) in [4.78, 5) is 0. The fourth-order valence-corrected chi connectivity index (χ4v) is 2.01. The second-order valence-electron chi connectivity index (χ2n) is 7.20. The van der Waals surface area contributed by atoms with Crippen LogP contribution in [0.5, 0.6) is 0 Å². The van der Waals surface area contributed by atoms with Crippen LogP contribution in [0.25, 0.3) is 0 Å². The van der Waals surface area contributed by atoms with Gasteiger partial charge < -0.3 is 0 Å². The van der Waals surface area contributed by atoms with Crippen molar-refractivity contribution < 1.29 is 0 Å². The zero-order valence-electron chi connectivity index (χ0n) is 13.3. The lowest BCUT2D eigenvalue weighted by Crippen LogP contribution is -2.19. The summed E-state index contributed by atoms with van der Waals surface area (Å²) in [6.45, 7) is 14.0. The molecule has 0 heterocycles. The molecule has 0 aromatic heterocycles. The topological polar surface area (TPSA) is 0 Å². The molecular formula is C17H36. The molecule has 1 aliphatic rings. The predicted molar refractivity (Wildman–Crippen MR) is 80.4 cm³/mol. The molecule has 0 aliphatic heterocycles. The number of hydrogen-bond donors (Lipinski definition) is 0. The molecule has 0 aromatic rings. The maximum absolute atomic E-state index is 2.38. The molecule has 0 radical (unpaired) electrons. The Kier molecular flexibility index (Phi) is 9.00. The molecule has 0 nitrogen and oxygen atoms in total. The van der Waals surface area contributed by atoms with E-state index in [0.29, 0.717) is 5.41 Å². The lowest BCUT2D eigenvalue weighted by Gasteiger charge is -2.29. The first kappa shape index (κ1) is 17.0. The van der Waals surface area contributed by atoms with Gasteiger partial charge in [0.05, 0.1) is 0 Å². The van der Waals surface area contributed by atoms with Crippen LogP contribution in [0.3, 0.4) is 0 Å². The highest BCUT2D eigenvalue weighted by molar-refractivity contribution is 4.72. The lowest BCUT2D eigenvalue weighted by molar-refractivity contribution is 0.213. The molecule has 0 heteroatoms. The Morgan fingerprint density at radius 1 is 0.765 bits per heavy atom. The molecule has 0 bridgehead atoms. The van der Waals surface area contributed by atoms with E-state index in [4.69, 9.17) is 0 Å². The van der Waals surface area contributed by atoms with E-state index < -0.39 is 0 Å². The van der Waals surface area contributed by atoms with Gasteiger partial charge in [-0.25, -0.2) is 0 Å². The van der Waals surface area contributed by atoms with Crippen molar-refractivity contribution in [2.24, 2.45) is 17.3 Å². The summed E-state index contributed by atoms with van der Waals surface area (Å²) in [5.74, 6) is 1.66. The fraction of sp³-hybridized carbons (Fsp3) is 1.00. The van der Waals surface area contributed by atoms with E-state index in [9.17, 15) is 0 Å². The molecule has 0 amide bonds. The van der Waals surface area contributed by atoms with Gasteiger partial charge in [0.25, 0.3) is 0 Å². The smallest absolute Gasteiger partial charge is 0.0331 e. The van der Waals surface area contributed by atoms with E-state index in [2.05, 4.69) is 41.5 Å². The summed E-state index contributed by atoms with van der Waals surface area (Å²) in [5, 5.41) is 0. The first-order chi connectivity index (χ1) is 7.86. The van der Waals surface area contributed by atoms with Crippen molar-refractivity contribution in [2.75, 3.05) is 0 Å². The molecular weight excluding hydrogens is 204 g/mol. The molecule has 0 saturated heterocycles. The number of hydrogen-bond acceptors (Lipinski definition) is 0. The summed E-state index contributed by atoms with van der Waals surface area (Å²) in [7, 11) is 0. The third-order valence-corrected chi connectivity index (χ3v) is 4.43.